The van der Waals surface area contributed by atoms with E-state index in [-0.39, 0.29) is 17.8 Å². The first kappa shape index (κ1) is 23.0. The molecule has 2 spiro atoms. The van der Waals surface area contributed by atoms with Crippen molar-refractivity contribution < 1.29 is 24.4 Å². The van der Waals surface area contributed by atoms with E-state index in [2.05, 4.69) is 35.1 Å². The van der Waals surface area contributed by atoms with Crippen molar-refractivity contribution in [1.29, 1.82) is 0 Å². The fourth-order valence-electron chi connectivity index (χ4n) is 8.63. The predicted octanol–water partition coefficient (Wildman–Crippen LogP) is 2.73. The minimum Gasteiger partial charge on any atom is -0.389 e. The first-order valence-electron chi connectivity index (χ1n) is 13.0. The molecule has 3 aliphatic carbocycles. The number of aliphatic hydroxyl groups excluding tert-OH is 3. The Bertz CT molecular complexity index is 1320. The zero-order chi connectivity index (χ0) is 25.3. The van der Waals surface area contributed by atoms with Gasteiger partial charge in [-0.1, -0.05) is 25.1 Å². The van der Waals surface area contributed by atoms with Crippen LogP contribution in [0.4, 0.5) is 4.39 Å². The molecule has 5 aliphatic rings. The van der Waals surface area contributed by atoms with Gasteiger partial charge in [0.15, 0.2) is 5.67 Å². The van der Waals surface area contributed by atoms with Crippen LogP contribution in [0, 0.1) is 11.3 Å². The number of halogens is 1. The number of allylic oxidation sites excluding steroid dienone is 3. The van der Waals surface area contributed by atoms with Gasteiger partial charge in [-0.15, -0.1) is 0 Å². The quantitative estimate of drug-likeness (QED) is 0.478. The van der Waals surface area contributed by atoms with Gasteiger partial charge in [-0.2, -0.15) is 0 Å². The molecule has 2 saturated heterocycles. The molecule has 4 N–H and O–H groups in total. The summed E-state index contributed by atoms with van der Waals surface area (Å²) in [5.41, 5.74) is -0.00785. The zero-order valence-electron chi connectivity index (χ0n) is 20.9. The maximum absolute atomic E-state index is 17.0. The van der Waals surface area contributed by atoms with E-state index in [1.165, 1.54) is 5.57 Å². The van der Waals surface area contributed by atoms with Crippen LogP contribution in [0.5, 0.6) is 0 Å². The van der Waals surface area contributed by atoms with Gasteiger partial charge < -0.3 is 29.9 Å². The van der Waals surface area contributed by atoms with Gasteiger partial charge in [0.05, 0.1) is 29.1 Å². The van der Waals surface area contributed by atoms with Crippen molar-refractivity contribution in [2.45, 2.75) is 80.3 Å². The van der Waals surface area contributed by atoms with Gasteiger partial charge in [-0.3, -0.25) is 0 Å². The molecular weight excluding hydrogens is 461 g/mol. The van der Waals surface area contributed by atoms with Gasteiger partial charge in [-0.05, 0) is 75.0 Å². The van der Waals surface area contributed by atoms with E-state index >= 15 is 4.39 Å². The summed E-state index contributed by atoms with van der Waals surface area (Å²) in [4.78, 5) is 9.36. The van der Waals surface area contributed by atoms with Crippen LogP contribution in [0.15, 0.2) is 42.3 Å². The lowest BCUT2D eigenvalue weighted by Gasteiger charge is -2.62. The van der Waals surface area contributed by atoms with Crippen molar-refractivity contribution in [3.63, 3.8) is 0 Å². The van der Waals surface area contributed by atoms with Gasteiger partial charge in [0.1, 0.15) is 17.8 Å². The maximum atomic E-state index is 17.0. The van der Waals surface area contributed by atoms with E-state index in [4.69, 9.17) is 4.74 Å². The van der Waals surface area contributed by atoms with E-state index in [9.17, 15) is 15.3 Å². The second-order valence-electron chi connectivity index (χ2n) is 12.1. The van der Waals surface area contributed by atoms with Crippen LogP contribution in [0.1, 0.15) is 44.6 Å². The lowest BCUT2D eigenvalue weighted by Crippen LogP contribution is -2.78. The molecule has 3 fully saturated rings. The average Bonchev–Trinajstić information content (AvgIpc) is 3.55. The van der Waals surface area contributed by atoms with Gasteiger partial charge in [0, 0.05) is 17.4 Å². The molecule has 8 heteroatoms. The van der Waals surface area contributed by atoms with Crippen LogP contribution in [-0.4, -0.2) is 85.5 Å². The third-order valence-corrected chi connectivity index (χ3v) is 10.5. The minimum absolute atomic E-state index is 0.0397. The Hall–Kier alpha value is -2.10. The molecule has 9 unspecified atom stereocenters. The Labute approximate surface area is 209 Å². The molecule has 7 nitrogen and oxygen atoms in total. The number of aromatic amines is 1. The molecule has 3 heterocycles. The molecule has 1 saturated carbocycles. The monoisotopic (exact) mass is 495 g/mol. The topological polar surface area (TPSA) is 102 Å². The first-order chi connectivity index (χ1) is 17.1. The number of imidazole rings is 1. The standard InChI is InChI=1S/C28H34FN3O4/c1-25-9-8-17-23(34)28(29)24(35)22(33)20(32(2)3)13-26(28)10-11-27(17,36-26)21(25)7-5-16(25)15-4-6-18-19(12-15)31-14-30-18/h4-6,8,12,14,20-24,33-35H,7,9-11,13H2,1-3H3,(H,30,31). The number of nitrogens with one attached hydrogen (secondary N) is 1. The molecule has 0 radical (unpaired) electrons. The summed E-state index contributed by atoms with van der Waals surface area (Å²) in [6, 6.07) is 5.81. The van der Waals surface area contributed by atoms with Crippen LogP contribution in [0.25, 0.3) is 16.6 Å². The summed E-state index contributed by atoms with van der Waals surface area (Å²) in [7, 11) is 3.64. The van der Waals surface area contributed by atoms with Crippen LogP contribution in [0.3, 0.4) is 0 Å². The van der Waals surface area contributed by atoms with Crippen molar-refractivity contribution >= 4 is 16.6 Å². The van der Waals surface area contributed by atoms with Gasteiger partial charge in [-0.25, -0.2) is 9.37 Å². The van der Waals surface area contributed by atoms with E-state index in [0.29, 0.717) is 24.8 Å². The summed E-state index contributed by atoms with van der Waals surface area (Å²) >= 11 is 0. The molecule has 2 aromatic rings. The number of benzene rings is 1. The third kappa shape index (κ3) is 2.48. The number of rotatable bonds is 2. The Morgan fingerprint density at radius 1 is 1.17 bits per heavy atom. The smallest absolute Gasteiger partial charge is 0.197 e. The molecule has 2 aliphatic heterocycles. The number of ether oxygens (including phenoxy) is 1. The summed E-state index contributed by atoms with van der Waals surface area (Å²) in [5, 5.41) is 33.5. The minimum atomic E-state index is -2.46. The van der Waals surface area contributed by atoms with Gasteiger partial charge in [0.2, 0.25) is 0 Å². The molecular formula is C28H34FN3O4. The van der Waals surface area contributed by atoms with E-state index < -0.39 is 41.2 Å². The number of aliphatic hydroxyl groups is 3. The van der Waals surface area contributed by atoms with Gasteiger partial charge in [0.25, 0.3) is 0 Å². The Kier molecular flexibility index (Phi) is 4.52. The van der Waals surface area contributed by atoms with Crippen molar-refractivity contribution in [2.24, 2.45) is 11.3 Å². The third-order valence-electron chi connectivity index (χ3n) is 10.5. The molecule has 36 heavy (non-hydrogen) atoms. The number of hydrogen-bond acceptors (Lipinski definition) is 6. The zero-order valence-corrected chi connectivity index (χ0v) is 20.9. The lowest BCUT2D eigenvalue weighted by atomic mass is 9.55. The second-order valence-corrected chi connectivity index (χ2v) is 12.1. The number of alkyl halides is 1. The fourth-order valence-corrected chi connectivity index (χ4v) is 8.63. The van der Waals surface area contributed by atoms with Crippen molar-refractivity contribution in [1.82, 2.24) is 14.9 Å². The Morgan fingerprint density at radius 3 is 2.75 bits per heavy atom. The van der Waals surface area contributed by atoms with Crippen LogP contribution >= 0.6 is 0 Å². The largest absolute Gasteiger partial charge is 0.389 e. The molecule has 0 amide bonds. The van der Waals surface area contributed by atoms with Crippen molar-refractivity contribution in [3.8, 4) is 0 Å². The van der Waals surface area contributed by atoms with Gasteiger partial charge >= 0.3 is 0 Å². The first-order valence-corrected chi connectivity index (χ1v) is 13.0. The number of aromatic nitrogens is 2. The highest BCUT2D eigenvalue weighted by Crippen LogP contribution is 2.70. The summed E-state index contributed by atoms with van der Waals surface area (Å²) in [5.74, 6) is 0.0397. The molecule has 2 bridgehead atoms. The summed E-state index contributed by atoms with van der Waals surface area (Å²) < 4.78 is 23.9. The molecule has 192 valence electrons. The number of hydrogen-bond donors (Lipinski definition) is 4. The highest BCUT2D eigenvalue weighted by atomic mass is 19.1. The van der Waals surface area contributed by atoms with Crippen molar-refractivity contribution in [3.05, 3.63) is 47.8 Å². The predicted molar refractivity (Wildman–Crippen MR) is 133 cm³/mol. The van der Waals surface area contributed by atoms with Crippen LogP contribution < -0.4 is 0 Å². The highest BCUT2D eigenvalue weighted by Gasteiger charge is 2.79. The summed E-state index contributed by atoms with van der Waals surface area (Å²) in [6.07, 6.45) is 4.00. The fraction of sp³-hybridized carbons (Fsp3) is 0.607. The normalized spacial score (nSPS) is 47.4. The molecule has 7 rings (SSSR count). The Morgan fingerprint density at radius 2 is 1.97 bits per heavy atom. The van der Waals surface area contributed by atoms with Crippen molar-refractivity contribution in [2.75, 3.05) is 14.1 Å². The molecule has 1 aromatic heterocycles. The lowest BCUT2D eigenvalue weighted by molar-refractivity contribution is -0.308. The number of nitrogens with zero attached hydrogens (tertiary/aromatic N) is 2. The van der Waals surface area contributed by atoms with E-state index in [1.54, 1.807) is 6.33 Å². The number of likely N-dealkylation sites (N-methyl/N-ethyl adjacent to an activating group) is 1. The molecule has 1 aromatic carbocycles. The SMILES string of the molecule is CN(C)C1CC23CCC4(O2)C(=CCC2(C)C(c5ccc6nc[nH]c6c5)=CCC24)C(O)C3(F)C(O)C1O. The van der Waals surface area contributed by atoms with E-state index in [1.807, 2.05) is 31.1 Å². The highest BCUT2D eigenvalue weighted by molar-refractivity contribution is 5.83. The number of H-pyrrole nitrogens is 1. The second kappa shape index (κ2) is 7.05. The summed E-state index contributed by atoms with van der Waals surface area (Å²) in [6.45, 7) is 2.26. The van der Waals surface area contributed by atoms with Crippen LogP contribution in [0.2, 0.25) is 0 Å². The van der Waals surface area contributed by atoms with Crippen LogP contribution in [-0.2, 0) is 4.74 Å². The Balaban J connectivity index is 1.32. The molecule has 9 atom stereocenters. The van der Waals surface area contributed by atoms with E-state index in [0.717, 1.165) is 23.0 Å². The number of fused-ring (bicyclic) bond motifs is 2. The average molecular weight is 496 g/mol. The maximum Gasteiger partial charge on any atom is 0.197 e.